The van der Waals surface area contributed by atoms with Gasteiger partial charge in [-0.3, -0.25) is 20.2 Å². The summed E-state index contributed by atoms with van der Waals surface area (Å²) >= 11 is 0. The number of hydrogen-bond donors (Lipinski definition) is 1. The molecule has 1 N–H and O–H groups in total. The molecule has 0 aliphatic carbocycles. The number of rotatable bonds is 3. The van der Waals surface area contributed by atoms with Crippen LogP contribution in [0.25, 0.3) is 11.0 Å². The average Bonchev–Trinajstić information content (AvgIpc) is 2.75. The number of nitrogens with zero attached hydrogens (tertiary/aromatic N) is 4. The van der Waals surface area contributed by atoms with E-state index in [1.807, 2.05) is 0 Å². The van der Waals surface area contributed by atoms with Gasteiger partial charge in [0.05, 0.1) is 15.9 Å². The summed E-state index contributed by atoms with van der Waals surface area (Å²) < 4.78 is 4.48. The van der Waals surface area contributed by atoms with E-state index in [-0.39, 0.29) is 16.7 Å². The second-order valence-corrected chi connectivity index (χ2v) is 5.14. The van der Waals surface area contributed by atoms with Crippen LogP contribution in [0.3, 0.4) is 0 Å². The van der Waals surface area contributed by atoms with Crippen LogP contribution in [-0.2, 0) is 0 Å². The van der Waals surface area contributed by atoms with Crippen molar-refractivity contribution in [3.63, 3.8) is 0 Å². The maximum absolute atomic E-state index is 11.1. The van der Waals surface area contributed by atoms with Gasteiger partial charge >= 0.3 is 11.4 Å². The molecule has 0 amide bonds. The first-order chi connectivity index (χ1) is 9.20. The Morgan fingerprint density at radius 2 is 1.65 bits per heavy atom. The fourth-order valence-corrected chi connectivity index (χ4v) is 1.69. The van der Waals surface area contributed by atoms with Gasteiger partial charge in [-0.2, -0.15) is 0 Å². The fraction of sp³-hybridized carbons (Fsp3) is 0.400. The molecule has 0 radical (unpaired) electrons. The van der Waals surface area contributed by atoms with Crippen LogP contribution in [0.2, 0.25) is 0 Å². The molecule has 0 saturated carbocycles. The summed E-state index contributed by atoms with van der Waals surface area (Å²) in [7, 11) is 0. The van der Waals surface area contributed by atoms with E-state index in [4.69, 9.17) is 0 Å². The van der Waals surface area contributed by atoms with Gasteiger partial charge in [0.15, 0.2) is 5.52 Å². The summed E-state index contributed by atoms with van der Waals surface area (Å²) in [6.07, 6.45) is 0. The van der Waals surface area contributed by atoms with E-state index in [2.05, 4.69) is 20.3 Å². The van der Waals surface area contributed by atoms with Crippen molar-refractivity contribution < 1.29 is 14.5 Å². The lowest BCUT2D eigenvalue weighted by Crippen LogP contribution is -2.26. The number of hydrogen-bond acceptors (Lipinski definition) is 8. The molecule has 0 saturated heterocycles. The lowest BCUT2D eigenvalue weighted by atomic mass is 10.1. The van der Waals surface area contributed by atoms with E-state index in [1.165, 1.54) is 0 Å². The second-order valence-electron chi connectivity index (χ2n) is 5.14. The zero-order valence-corrected chi connectivity index (χ0v) is 10.9. The van der Waals surface area contributed by atoms with Crippen LogP contribution in [-0.4, -0.2) is 25.7 Å². The van der Waals surface area contributed by atoms with Crippen LogP contribution in [0.1, 0.15) is 20.8 Å². The zero-order chi connectivity index (χ0) is 15.1. The summed E-state index contributed by atoms with van der Waals surface area (Å²) in [5.74, 6) is 0. The predicted octanol–water partition coefficient (Wildman–Crippen LogP) is 2.25. The minimum Gasteiger partial charge on any atom is -0.373 e. The Balaban J connectivity index is 2.80. The SMILES string of the molecule is CC(C)(C)Nc1c([N+](=O)[O-])cc([N+](=O)[O-])c2nonc12. The van der Waals surface area contributed by atoms with Gasteiger partial charge in [0.2, 0.25) is 5.52 Å². The van der Waals surface area contributed by atoms with Crippen LogP contribution < -0.4 is 5.32 Å². The van der Waals surface area contributed by atoms with Crippen molar-refractivity contribution in [2.24, 2.45) is 0 Å². The molecule has 10 nitrogen and oxygen atoms in total. The molecular formula is C10H11N5O5. The molecule has 2 rings (SSSR count). The molecule has 20 heavy (non-hydrogen) atoms. The highest BCUT2D eigenvalue weighted by Crippen LogP contribution is 2.38. The summed E-state index contributed by atoms with van der Waals surface area (Å²) in [6.45, 7) is 5.37. The third kappa shape index (κ3) is 2.35. The predicted molar refractivity (Wildman–Crippen MR) is 68.5 cm³/mol. The first kappa shape index (κ1) is 13.6. The number of fused-ring (bicyclic) bond motifs is 1. The lowest BCUT2D eigenvalue weighted by molar-refractivity contribution is -0.392. The molecule has 1 aromatic carbocycles. The van der Waals surface area contributed by atoms with Crippen molar-refractivity contribution >= 4 is 28.1 Å². The van der Waals surface area contributed by atoms with Crippen molar-refractivity contribution in [3.8, 4) is 0 Å². The van der Waals surface area contributed by atoms with Gasteiger partial charge in [-0.15, -0.1) is 0 Å². The van der Waals surface area contributed by atoms with Crippen molar-refractivity contribution in [2.75, 3.05) is 5.32 Å². The van der Waals surface area contributed by atoms with Gasteiger partial charge in [0.25, 0.3) is 0 Å². The van der Waals surface area contributed by atoms with Crippen molar-refractivity contribution in [1.29, 1.82) is 0 Å². The quantitative estimate of drug-likeness (QED) is 0.667. The van der Waals surface area contributed by atoms with Crippen LogP contribution in [0.15, 0.2) is 10.7 Å². The van der Waals surface area contributed by atoms with E-state index in [0.29, 0.717) is 0 Å². The number of non-ortho nitro benzene ring substituents is 1. The summed E-state index contributed by atoms with van der Waals surface area (Å²) in [5, 5.41) is 31.9. The number of nitro benzene ring substituents is 2. The minimum absolute atomic E-state index is 0.0409. The van der Waals surface area contributed by atoms with E-state index < -0.39 is 26.8 Å². The smallest absolute Gasteiger partial charge is 0.307 e. The third-order valence-corrected chi connectivity index (χ3v) is 2.39. The highest BCUT2D eigenvalue weighted by Gasteiger charge is 2.31. The number of benzene rings is 1. The maximum atomic E-state index is 11.1. The van der Waals surface area contributed by atoms with Crippen LogP contribution >= 0.6 is 0 Å². The van der Waals surface area contributed by atoms with E-state index in [1.54, 1.807) is 20.8 Å². The van der Waals surface area contributed by atoms with E-state index >= 15 is 0 Å². The Morgan fingerprint density at radius 1 is 1.10 bits per heavy atom. The maximum Gasteiger partial charge on any atom is 0.307 e. The average molecular weight is 281 g/mol. The normalized spacial score (nSPS) is 11.6. The van der Waals surface area contributed by atoms with Gasteiger partial charge in [-0.1, -0.05) is 0 Å². The van der Waals surface area contributed by atoms with Crippen LogP contribution in [0, 0.1) is 20.2 Å². The summed E-state index contributed by atoms with van der Waals surface area (Å²) in [4.78, 5) is 20.6. The molecule has 106 valence electrons. The Morgan fingerprint density at radius 3 is 2.15 bits per heavy atom. The molecule has 10 heteroatoms. The standard InChI is InChI=1S/C10H11N5O5/c1-10(2,3)11-7-5(14(16)17)4-6(15(18)19)8-9(7)13-20-12-8/h4,11H,1-3H3. The van der Waals surface area contributed by atoms with Gasteiger partial charge in [-0.25, -0.2) is 4.63 Å². The van der Waals surface area contributed by atoms with Gasteiger partial charge in [-0.05, 0) is 31.1 Å². The first-order valence-electron chi connectivity index (χ1n) is 5.57. The molecule has 0 bridgehead atoms. The Labute approximate surface area is 112 Å². The Bertz CT molecular complexity index is 702. The molecule has 0 atom stereocenters. The largest absolute Gasteiger partial charge is 0.373 e. The summed E-state index contributed by atoms with van der Waals surface area (Å²) in [5.41, 5.74) is -1.60. The van der Waals surface area contributed by atoms with Crippen LogP contribution in [0.4, 0.5) is 17.1 Å². The van der Waals surface area contributed by atoms with Crippen molar-refractivity contribution in [1.82, 2.24) is 10.3 Å². The number of anilines is 1. The van der Waals surface area contributed by atoms with Crippen molar-refractivity contribution in [3.05, 3.63) is 26.3 Å². The molecule has 0 spiro atoms. The van der Waals surface area contributed by atoms with Gasteiger partial charge < -0.3 is 5.32 Å². The van der Waals surface area contributed by atoms with Crippen molar-refractivity contribution in [2.45, 2.75) is 26.3 Å². The molecule has 2 aromatic rings. The minimum atomic E-state index is -0.763. The molecule has 0 aliphatic heterocycles. The third-order valence-electron chi connectivity index (χ3n) is 2.39. The van der Waals surface area contributed by atoms with E-state index in [9.17, 15) is 20.2 Å². The molecule has 0 fully saturated rings. The number of nitro groups is 2. The van der Waals surface area contributed by atoms with Gasteiger partial charge in [0, 0.05) is 5.54 Å². The van der Waals surface area contributed by atoms with Gasteiger partial charge in [0.1, 0.15) is 5.69 Å². The van der Waals surface area contributed by atoms with Crippen LogP contribution in [0.5, 0.6) is 0 Å². The second kappa shape index (κ2) is 4.40. The number of aromatic nitrogens is 2. The molecule has 1 heterocycles. The molecular weight excluding hydrogens is 270 g/mol. The number of nitrogens with one attached hydrogen (secondary N) is 1. The fourth-order valence-electron chi connectivity index (χ4n) is 1.69. The highest BCUT2D eigenvalue weighted by atomic mass is 16.6. The first-order valence-corrected chi connectivity index (χ1v) is 5.57. The monoisotopic (exact) mass is 281 g/mol. The Hall–Kier alpha value is -2.78. The van der Waals surface area contributed by atoms with E-state index in [0.717, 1.165) is 6.07 Å². The molecule has 0 unspecified atom stereocenters. The Kier molecular flexibility index (Phi) is 3.00. The lowest BCUT2D eigenvalue weighted by Gasteiger charge is -2.21. The molecule has 0 aliphatic rings. The zero-order valence-electron chi connectivity index (χ0n) is 10.9. The molecule has 1 aromatic heterocycles. The topological polar surface area (TPSA) is 137 Å². The highest BCUT2D eigenvalue weighted by molar-refractivity contribution is 5.98. The summed E-state index contributed by atoms with van der Waals surface area (Å²) in [6, 6.07) is 0.848.